The lowest BCUT2D eigenvalue weighted by molar-refractivity contribution is -0.230. The maximum atomic E-state index is 12.4. The molecule has 0 spiro atoms. The first-order chi connectivity index (χ1) is 10.9. The lowest BCUT2D eigenvalue weighted by atomic mass is 10.1. The average Bonchev–Trinajstić information content (AvgIpc) is 2.86. The van der Waals surface area contributed by atoms with Gasteiger partial charge in [-0.05, 0) is 41.5 Å². The Labute approximate surface area is 143 Å². The van der Waals surface area contributed by atoms with E-state index in [0.717, 1.165) is 5.06 Å². The summed E-state index contributed by atoms with van der Waals surface area (Å²) in [6.45, 7) is 10.8. The molecule has 0 aromatic heterocycles. The highest BCUT2D eigenvalue weighted by Crippen LogP contribution is 2.26. The van der Waals surface area contributed by atoms with E-state index >= 15 is 0 Å². The quantitative estimate of drug-likeness (QED) is 0.439. The van der Waals surface area contributed by atoms with Gasteiger partial charge in [-0.3, -0.25) is 14.5 Å². The largest absolute Gasteiger partial charge is 0.467 e. The number of rotatable bonds is 4. The van der Waals surface area contributed by atoms with Crippen molar-refractivity contribution in [2.24, 2.45) is 0 Å². The van der Waals surface area contributed by atoms with Gasteiger partial charge in [-0.25, -0.2) is 14.7 Å². The maximum Gasteiger partial charge on any atom is 0.411 e. The Morgan fingerprint density at radius 1 is 1.12 bits per heavy atom. The molecule has 1 fully saturated rings. The lowest BCUT2D eigenvalue weighted by Crippen LogP contribution is -2.45. The van der Waals surface area contributed by atoms with Crippen LogP contribution in [0.1, 0.15) is 48.0 Å². The van der Waals surface area contributed by atoms with E-state index in [0.29, 0.717) is 6.41 Å². The predicted molar refractivity (Wildman–Crippen MR) is 85.9 cm³/mol. The van der Waals surface area contributed by atoms with Crippen molar-refractivity contribution in [3.63, 3.8) is 0 Å². The number of carbonyl (C=O) groups excluding carboxylic acids is 3. The third-order valence-corrected chi connectivity index (χ3v) is 3.22. The minimum atomic E-state index is -0.819. The van der Waals surface area contributed by atoms with E-state index in [1.165, 1.54) is 12.0 Å². The van der Waals surface area contributed by atoms with E-state index in [9.17, 15) is 14.4 Å². The van der Waals surface area contributed by atoms with Gasteiger partial charge in [0.2, 0.25) is 6.41 Å². The van der Waals surface area contributed by atoms with Crippen LogP contribution in [0, 0.1) is 0 Å². The second-order valence-electron chi connectivity index (χ2n) is 7.73. The van der Waals surface area contributed by atoms with Crippen LogP contribution >= 0.6 is 0 Å². The summed E-state index contributed by atoms with van der Waals surface area (Å²) in [5.74, 6) is -0.551. The summed E-state index contributed by atoms with van der Waals surface area (Å²) in [5, 5.41) is 1.15. The number of methoxy groups -OCH3 is 1. The summed E-state index contributed by atoms with van der Waals surface area (Å²) in [7, 11) is 1.26. The second kappa shape index (κ2) is 7.38. The molecule has 0 aromatic rings. The van der Waals surface area contributed by atoms with Crippen molar-refractivity contribution in [2.75, 3.05) is 13.7 Å². The fraction of sp³-hybridized carbons (Fsp3) is 0.812. The first kappa shape index (κ1) is 20.2. The summed E-state index contributed by atoms with van der Waals surface area (Å²) in [5.41, 5.74) is -1.27. The monoisotopic (exact) mass is 344 g/mol. The number of nitrogens with zero attached hydrogens (tertiary/aromatic N) is 2. The maximum absolute atomic E-state index is 12.4. The SMILES string of the molecule is COC(=O)[C@@H]1CC(N(C=O)OC(C)(C)C)CN1C(=O)OC(C)(C)C. The molecule has 2 amide bonds. The third kappa shape index (κ3) is 5.67. The molecule has 138 valence electrons. The van der Waals surface area contributed by atoms with Gasteiger partial charge in [-0.1, -0.05) is 0 Å². The normalized spacial score (nSPS) is 21.4. The minimum absolute atomic E-state index is 0.128. The van der Waals surface area contributed by atoms with E-state index in [1.54, 1.807) is 20.8 Å². The number of likely N-dealkylation sites (tertiary alicyclic amines) is 1. The summed E-state index contributed by atoms with van der Waals surface area (Å²) in [6, 6.07) is -1.28. The fourth-order valence-electron chi connectivity index (χ4n) is 2.38. The molecule has 2 atom stereocenters. The molecule has 0 aromatic carbocycles. The Morgan fingerprint density at radius 2 is 1.71 bits per heavy atom. The van der Waals surface area contributed by atoms with E-state index in [-0.39, 0.29) is 13.0 Å². The Balaban J connectivity index is 2.96. The molecule has 0 aliphatic carbocycles. The summed E-state index contributed by atoms with van der Waals surface area (Å²) < 4.78 is 10.1. The zero-order valence-corrected chi connectivity index (χ0v) is 15.5. The van der Waals surface area contributed by atoms with Crippen LogP contribution in [0.3, 0.4) is 0 Å². The smallest absolute Gasteiger partial charge is 0.411 e. The number of hydrogen-bond donors (Lipinski definition) is 0. The molecule has 0 radical (unpaired) electrons. The standard InChI is InChI=1S/C16H28N2O6/c1-15(2,3)23-14(21)17-9-11(8-12(17)13(20)22-7)18(10-19)24-16(4,5)6/h10-12H,8-9H2,1-7H3/t11?,12-/m0/s1. The summed E-state index contributed by atoms with van der Waals surface area (Å²) >= 11 is 0. The summed E-state index contributed by atoms with van der Waals surface area (Å²) in [6.07, 6.45) is 0.158. The van der Waals surface area contributed by atoms with Gasteiger partial charge in [0.1, 0.15) is 11.6 Å². The van der Waals surface area contributed by atoms with Crippen LogP contribution in [0.5, 0.6) is 0 Å². The van der Waals surface area contributed by atoms with Crippen molar-refractivity contribution in [1.29, 1.82) is 0 Å². The zero-order valence-electron chi connectivity index (χ0n) is 15.5. The first-order valence-electron chi connectivity index (χ1n) is 7.88. The third-order valence-electron chi connectivity index (χ3n) is 3.22. The predicted octanol–water partition coefficient (Wildman–Crippen LogP) is 1.73. The van der Waals surface area contributed by atoms with Crippen molar-refractivity contribution >= 4 is 18.5 Å². The number of hydroxylamine groups is 2. The first-order valence-corrected chi connectivity index (χ1v) is 7.88. The molecule has 1 aliphatic heterocycles. The Kier molecular flexibility index (Phi) is 6.21. The van der Waals surface area contributed by atoms with Crippen molar-refractivity contribution < 1.29 is 28.7 Å². The molecule has 1 unspecified atom stereocenters. The van der Waals surface area contributed by atoms with Gasteiger partial charge in [0.05, 0.1) is 18.8 Å². The van der Waals surface area contributed by atoms with Crippen LogP contribution in [0.25, 0.3) is 0 Å². The zero-order chi connectivity index (χ0) is 18.7. The van der Waals surface area contributed by atoms with Gasteiger partial charge < -0.3 is 9.47 Å². The molecular weight excluding hydrogens is 316 g/mol. The average molecular weight is 344 g/mol. The molecule has 1 aliphatic rings. The van der Waals surface area contributed by atoms with Crippen molar-refractivity contribution in [3.05, 3.63) is 0 Å². The second-order valence-corrected chi connectivity index (χ2v) is 7.73. The molecule has 1 saturated heterocycles. The number of hydrogen-bond acceptors (Lipinski definition) is 6. The van der Waals surface area contributed by atoms with E-state index in [1.807, 2.05) is 20.8 Å². The number of carbonyl (C=O) groups is 3. The molecule has 0 N–H and O–H groups in total. The number of amides is 2. The molecule has 1 rings (SSSR count). The van der Waals surface area contributed by atoms with Crippen LogP contribution in [-0.2, 0) is 23.9 Å². The summed E-state index contributed by atoms with van der Waals surface area (Å²) in [4.78, 5) is 42.6. The Morgan fingerprint density at radius 3 is 2.12 bits per heavy atom. The molecule has 1 heterocycles. The highest BCUT2D eigenvalue weighted by Gasteiger charge is 2.45. The van der Waals surface area contributed by atoms with Crippen LogP contribution in [-0.4, -0.2) is 65.4 Å². The molecule has 0 saturated carbocycles. The minimum Gasteiger partial charge on any atom is -0.467 e. The van der Waals surface area contributed by atoms with E-state index in [4.69, 9.17) is 14.3 Å². The number of esters is 1. The molecule has 0 bridgehead atoms. The highest BCUT2D eigenvalue weighted by atomic mass is 16.7. The lowest BCUT2D eigenvalue weighted by Gasteiger charge is -2.31. The van der Waals surface area contributed by atoms with Gasteiger partial charge in [-0.15, -0.1) is 0 Å². The van der Waals surface area contributed by atoms with Gasteiger partial charge in [0, 0.05) is 13.0 Å². The Hall–Kier alpha value is -1.83. The van der Waals surface area contributed by atoms with Crippen LogP contribution in [0.4, 0.5) is 4.79 Å². The van der Waals surface area contributed by atoms with Gasteiger partial charge in [0.25, 0.3) is 0 Å². The van der Waals surface area contributed by atoms with Crippen molar-refractivity contribution in [1.82, 2.24) is 9.96 Å². The van der Waals surface area contributed by atoms with Crippen molar-refractivity contribution in [3.8, 4) is 0 Å². The van der Waals surface area contributed by atoms with Gasteiger partial charge in [-0.2, -0.15) is 0 Å². The highest BCUT2D eigenvalue weighted by molar-refractivity contribution is 5.82. The van der Waals surface area contributed by atoms with Gasteiger partial charge in [0.15, 0.2) is 0 Å². The van der Waals surface area contributed by atoms with E-state index in [2.05, 4.69) is 0 Å². The van der Waals surface area contributed by atoms with Crippen LogP contribution in [0.2, 0.25) is 0 Å². The molecule has 8 heteroatoms. The molecular formula is C16H28N2O6. The fourth-order valence-corrected chi connectivity index (χ4v) is 2.38. The van der Waals surface area contributed by atoms with Crippen molar-refractivity contribution in [2.45, 2.75) is 71.2 Å². The van der Waals surface area contributed by atoms with E-state index < -0.39 is 35.3 Å². The molecule has 24 heavy (non-hydrogen) atoms. The van der Waals surface area contributed by atoms with Crippen LogP contribution < -0.4 is 0 Å². The Bertz CT molecular complexity index is 480. The van der Waals surface area contributed by atoms with Crippen LogP contribution in [0.15, 0.2) is 0 Å². The number of ether oxygens (including phenoxy) is 2. The van der Waals surface area contributed by atoms with Gasteiger partial charge >= 0.3 is 12.1 Å². The molecule has 8 nitrogen and oxygen atoms in total. The topological polar surface area (TPSA) is 85.4 Å².